The summed E-state index contributed by atoms with van der Waals surface area (Å²) < 4.78 is 10.6. The molecule has 2 aliphatic rings. The van der Waals surface area contributed by atoms with Gasteiger partial charge in [-0.25, -0.2) is 0 Å². The summed E-state index contributed by atoms with van der Waals surface area (Å²) >= 11 is 1.36. The van der Waals surface area contributed by atoms with Crippen LogP contribution in [0.5, 0.6) is 11.5 Å². The zero-order valence-electron chi connectivity index (χ0n) is 13.3. The molecule has 1 fully saturated rings. The molecule has 8 heteroatoms. The smallest absolute Gasteiger partial charge is 0.279 e. The zero-order valence-corrected chi connectivity index (χ0v) is 14.1. The summed E-state index contributed by atoms with van der Waals surface area (Å²) in [4.78, 5) is 25.2. The molecule has 4 rings (SSSR count). The Hall–Kier alpha value is -2.74. The first-order valence-corrected chi connectivity index (χ1v) is 8.68. The van der Waals surface area contributed by atoms with Crippen molar-refractivity contribution in [3.05, 3.63) is 57.6 Å². The number of nitro groups is 1. The second-order valence-electron chi connectivity index (χ2n) is 5.79. The van der Waals surface area contributed by atoms with Gasteiger partial charge in [0.05, 0.1) is 22.3 Å². The summed E-state index contributed by atoms with van der Waals surface area (Å²) in [5.74, 6) is 1.01. The third-order valence-electron chi connectivity index (χ3n) is 4.13. The third kappa shape index (κ3) is 2.68. The van der Waals surface area contributed by atoms with E-state index in [4.69, 9.17) is 9.47 Å². The van der Waals surface area contributed by atoms with Crippen LogP contribution in [0, 0.1) is 17.0 Å². The fourth-order valence-corrected chi connectivity index (χ4v) is 4.21. The molecule has 2 aliphatic heterocycles. The molecule has 1 saturated heterocycles. The number of hydrogen-bond donors (Lipinski definition) is 0. The largest absolute Gasteiger partial charge is 0.454 e. The second kappa shape index (κ2) is 5.96. The molecule has 2 aromatic carbocycles. The van der Waals surface area contributed by atoms with E-state index < -0.39 is 10.3 Å². The molecule has 128 valence electrons. The topological polar surface area (TPSA) is 81.9 Å². The maximum atomic E-state index is 12.5. The van der Waals surface area contributed by atoms with Crippen LogP contribution in [0.1, 0.15) is 16.5 Å². The van der Waals surface area contributed by atoms with Crippen LogP contribution >= 0.6 is 11.8 Å². The minimum atomic E-state index is -0.482. The molecule has 0 bridgehead atoms. The number of nitrogens with zero attached hydrogens (tertiary/aromatic N) is 2. The molecule has 0 saturated carbocycles. The van der Waals surface area contributed by atoms with Crippen molar-refractivity contribution in [1.29, 1.82) is 0 Å². The molecule has 0 aromatic heterocycles. The zero-order chi connectivity index (χ0) is 17.6. The molecule has 0 N–H and O–H groups in total. The standard InChI is InChI=1S/C17H14N2O5S/c1-10-3-2-4-11(5-10)18-16(20)8-25-17(18)12-6-14-15(24-9-23-14)7-13(12)19(21)22/h2-7,17H,8-9H2,1H3/t17-/m0/s1. The van der Waals surface area contributed by atoms with Crippen LogP contribution in [-0.4, -0.2) is 23.4 Å². The van der Waals surface area contributed by atoms with Gasteiger partial charge in [0, 0.05) is 5.69 Å². The number of carbonyl (C=O) groups excluding carboxylic acids is 1. The SMILES string of the molecule is Cc1cccc(N2C(=O)CS[C@H]2c2cc3c(cc2[N+](=O)[O-])OCO3)c1. The van der Waals surface area contributed by atoms with Crippen LogP contribution in [0.15, 0.2) is 36.4 Å². The van der Waals surface area contributed by atoms with Crippen molar-refractivity contribution in [3.8, 4) is 11.5 Å². The highest BCUT2D eigenvalue weighted by Crippen LogP contribution is 2.48. The molecular weight excluding hydrogens is 344 g/mol. The van der Waals surface area contributed by atoms with Crippen LogP contribution < -0.4 is 14.4 Å². The first-order valence-electron chi connectivity index (χ1n) is 7.63. The number of amides is 1. The van der Waals surface area contributed by atoms with Gasteiger partial charge < -0.3 is 9.47 Å². The van der Waals surface area contributed by atoms with Gasteiger partial charge in [0.1, 0.15) is 5.37 Å². The van der Waals surface area contributed by atoms with Gasteiger partial charge in [0.2, 0.25) is 12.7 Å². The van der Waals surface area contributed by atoms with Crippen molar-refractivity contribution in [3.63, 3.8) is 0 Å². The van der Waals surface area contributed by atoms with Gasteiger partial charge in [-0.2, -0.15) is 0 Å². The minimum Gasteiger partial charge on any atom is -0.454 e. The van der Waals surface area contributed by atoms with Crippen LogP contribution in [-0.2, 0) is 4.79 Å². The number of aryl methyl sites for hydroxylation is 1. The molecule has 1 amide bonds. The van der Waals surface area contributed by atoms with Crippen molar-refractivity contribution in [2.75, 3.05) is 17.4 Å². The fraction of sp³-hybridized carbons (Fsp3) is 0.235. The summed E-state index contributed by atoms with van der Waals surface area (Å²) in [7, 11) is 0. The lowest BCUT2D eigenvalue weighted by Gasteiger charge is -2.24. The predicted molar refractivity (Wildman–Crippen MR) is 93.1 cm³/mol. The average molecular weight is 358 g/mol. The Bertz CT molecular complexity index is 885. The maximum Gasteiger partial charge on any atom is 0.279 e. The first-order chi connectivity index (χ1) is 12.0. The summed E-state index contributed by atoms with van der Waals surface area (Å²) in [6.45, 7) is 1.98. The number of carbonyl (C=O) groups is 1. The lowest BCUT2D eigenvalue weighted by molar-refractivity contribution is -0.385. The lowest BCUT2D eigenvalue weighted by Crippen LogP contribution is -2.28. The fourth-order valence-electron chi connectivity index (χ4n) is 3.01. The molecule has 25 heavy (non-hydrogen) atoms. The number of fused-ring (bicyclic) bond motifs is 1. The molecule has 0 aliphatic carbocycles. The van der Waals surface area contributed by atoms with E-state index >= 15 is 0 Å². The number of benzene rings is 2. The van der Waals surface area contributed by atoms with Crippen LogP contribution in [0.2, 0.25) is 0 Å². The molecule has 2 heterocycles. The maximum absolute atomic E-state index is 12.5. The molecule has 0 spiro atoms. The Morgan fingerprint density at radius 3 is 2.72 bits per heavy atom. The van der Waals surface area contributed by atoms with Crippen molar-refractivity contribution in [2.24, 2.45) is 0 Å². The Morgan fingerprint density at radius 2 is 2.00 bits per heavy atom. The van der Waals surface area contributed by atoms with Gasteiger partial charge in [-0.1, -0.05) is 12.1 Å². The van der Waals surface area contributed by atoms with E-state index in [1.165, 1.54) is 17.8 Å². The summed E-state index contributed by atoms with van der Waals surface area (Å²) in [6, 6.07) is 10.5. The normalized spacial score (nSPS) is 18.7. The van der Waals surface area contributed by atoms with E-state index in [9.17, 15) is 14.9 Å². The average Bonchev–Trinajstić information content (AvgIpc) is 3.19. The van der Waals surface area contributed by atoms with E-state index in [0.29, 0.717) is 17.1 Å². The molecule has 7 nitrogen and oxygen atoms in total. The Kier molecular flexibility index (Phi) is 3.76. The summed E-state index contributed by atoms with van der Waals surface area (Å²) in [6.07, 6.45) is 0. The van der Waals surface area contributed by atoms with Gasteiger partial charge in [0.25, 0.3) is 5.69 Å². The Labute approximate surface area is 147 Å². The van der Waals surface area contributed by atoms with Gasteiger partial charge in [-0.05, 0) is 30.7 Å². The third-order valence-corrected chi connectivity index (χ3v) is 5.33. The number of thioether (sulfide) groups is 1. The monoisotopic (exact) mass is 358 g/mol. The number of rotatable bonds is 3. The molecule has 0 unspecified atom stereocenters. The Balaban J connectivity index is 1.83. The van der Waals surface area contributed by atoms with Gasteiger partial charge in [-0.15, -0.1) is 11.8 Å². The lowest BCUT2D eigenvalue weighted by atomic mass is 10.1. The van der Waals surface area contributed by atoms with Gasteiger partial charge in [-0.3, -0.25) is 19.8 Å². The quantitative estimate of drug-likeness (QED) is 0.618. The van der Waals surface area contributed by atoms with E-state index in [1.807, 2.05) is 31.2 Å². The second-order valence-corrected chi connectivity index (χ2v) is 6.86. The highest BCUT2D eigenvalue weighted by Gasteiger charge is 2.39. The van der Waals surface area contributed by atoms with Crippen molar-refractivity contribution < 1.29 is 19.2 Å². The number of hydrogen-bond acceptors (Lipinski definition) is 6. The van der Waals surface area contributed by atoms with Crippen molar-refractivity contribution in [2.45, 2.75) is 12.3 Å². The van der Waals surface area contributed by atoms with Gasteiger partial charge >= 0.3 is 0 Å². The summed E-state index contributed by atoms with van der Waals surface area (Å²) in [5.41, 5.74) is 2.11. The highest BCUT2D eigenvalue weighted by atomic mass is 32.2. The van der Waals surface area contributed by atoms with E-state index in [-0.39, 0.29) is 24.1 Å². The minimum absolute atomic E-state index is 0.0360. The number of nitro benzene ring substituents is 1. The molecule has 1 atom stereocenters. The number of ether oxygens (including phenoxy) is 2. The number of anilines is 1. The molecule has 0 radical (unpaired) electrons. The van der Waals surface area contributed by atoms with Crippen molar-refractivity contribution >= 4 is 29.0 Å². The van der Waals surface area contributed by atoms with E-state index in [0.717, 1.165) is 11.3 Å². The predicted octanol–water partition coefficient (Wildman–Crippen LogP) is 3.41. The molecular formula is C17H14N2O5S. The van der Waals surface area contributed by atoms with Crippen LogP contribution in [0.3, 0.4) is 0 Å². The highest BCUT2D eigenvalue weighted by molar-refractivity contribution is 8.00. The van der Waals surface area contributed by atoms with E-state index in [1.54, 1.807) is 11.0 Å². The first kappa shape index (κ1) is 15.8. The Morgan fingerprint density at radius 1 is 1.24 bits per heavy atom. The van der Waals surface area contributed by atoms with Crippen LogP contribution in [0.4, 0.5) is 11.4 Å². The van der Waals surface area contributed by atoms with E-state index in [2.05, 4.69) is 0 Å². The van der Waals surface area contributed by atoms with Gasteiger partial charge in [0.15, 0.2) is 11.5 Å². The molecule has 2 aromatic rings. The summed E-state index contributed by atoms with van der Waals surface area (Å²) in [5, 5.41) is 11.1. The van der Waals surface area contributed by atoms with Crippen LogP contribution in [0.25, 0.3) is 0 Å². The van der Waals surface area contributed by atoms with Crippen molar-refractivity contribution in [1.82, 2.24) is 0 Å².